The Kier molecular flexibility index (Phi) is 5.36. The maximum Gasteiger partial charge on any atom is 0.238 e. The molecule has 7 heteroatoms. The molecule has 25 heavy (non-hydrogen) atoms. The van der Waals surface area contributed by atoms with Crippen molar-refractivity contribution >= 4 is 10.0 Å². The minimum atomic E-state index is -3.69. The average Bonchev–Trinajstić information content (AvgIpc) is 3.03. The SMILES string of the molecule is NS(=O)(=O)c1ccc(OCCN2CCC[C@H]2c2cccc(F)c2)cc1. The van der Waals surface area contributed by atoms with Crippen LogP contribution in [0.5, 0.6) is 5.75 Å². The molecule has 0 radical (unpaired) electrons. The summed E-state index contributed by atoms with van der Waals surface area (Å²) >= 11 is 0. The Labute approximate surface area is 147 Å². The Hall–Kier alpha value is -1.96. The molecule has 1 aliphatic heterocycles. The van der Waals surface area contributed by atoms with Crippen LogP contribution in [-0.2, 0) is 10.0 Å². The molecule has 0 aromatic heterocycles. The average molecular weight is 364 g/mol. The van der Waals surface area contributed by atoms with Gasteiger partial charge in [0.1, 0.15) is 18.2 Å². The number of benzene rings is 2. The Bertz CT molecular complexity index is 824. The number of hydrogen-bond acceptors (Lipinski definition) is 4. The summed E-state index contributed by atoms with van der Waals surface area (Å²) in [6.45, 7) is 2.15. The van der Waals surface area contributed by atoms with Gasteiger partial charge in [-0.25, -0.2) is 17.9 Å². The highest BCUT2D eigenvalue weighted by atomic mass is 32.2. The van der Waals surface area contributed by atoms with Gasteiger partial charge in [-0.15, -0.1) is 0 Å². The lowest BCUT2D eigenvalue weighted by Gasteiger charge is -2.24. The lowest BCUT2D eigenvalue weighted by molar-refractivity contribution is 0.197. The van der Waals surface area contributed by atoms with Gasteiger partial charge in [0.25, 0.3) is 0 Å². The molecule has 2 N–H and O–H groups in total. The second-order valence-corrected chi connectivity index (χ2v) is 7.68. The fraction of sp³-hybridized carbons (Fsp3) is 0.333. The van der Waals surface area contributed by atoms with Gasteiger partial charge in [-0.2, -0.15) is 0 Å². The van der Waals surface area contributed by atoms with Crippen LogP contribution in [0.4, 0.5) is 4.39 Å². The second kappa shape index (κ2) is 7.51. The minimum absolute atomic E-state index is 0.0607. The van der Waals surface area contributed by atoms with Gasteiger partial charge in [0.2, 0.25) is 10.0 Å². The van der Waals surface area contributed by atoms with Crippen molar-refractivity contribution in [2.45, 2.75) is 23.8 Å². The molecule has 3 rings (SSSR count). The first-order valence-corrected chi connectivity index (χ1v) is 9.73. The quantitative estimate of drug-likeness (QED) is 0.855. The topological polar surface area (TPSA) is 72.6 Å². The molecule has 5 nitrogen and oxygen atoms in total. The number of ether oxygens (including phenoxy) is 1. The van der Waals surface area contributed by atoms with E-state index in [1.807, 2.05) is 6.07 Å². The summed E-state index contributed by atoms with van der Waals surface area (Å²) in [5.41, 5.74) is 0.995. The van der Waals surface area contributed by atoms with Crippen LogP contribution in [0.1, 0.15) is 24.4 Å². The van der Waals surface area contributed by atoms with Crippen LogP contribution in [-0.4, -0.2) is 33.0 Å². The van der Waals surface area contributed by atoms with Crippen molar-refractivity contribution < 1.29 is 17.5 Å². The van der Waals surface area contributed by atoms with E-state index >= 15 is 0 Å². The van der Waals surface area contributed by atoms with Crippen LogP contribution in [0.25, 0.3) is 0 Å². The Morgan fingerprint density at radius 2 is 1.96 bits per heavy atom. The van der Waals surface area contributed by atoms with Crippen molar-refractivity contribution in [3.05, 3.63) is 59.9 Å². The molecule has 1 atom stereocenters. The standard InChI is InChI=1S/C18H21FN2O3S/c19-15-4-1-3-14(13-15)18-5-2-10-21(18)11-12-24-16-6-8-17(9-7-16)25(20,22)23/h1,3-4,6-9,13,18H,2,5,10-12H2,(H2,20,22,23)/t18-/m0/s1. The first-order chi connectivity index (χ1) is 11.9. The van der Waals surface area contributed by atoms with E-state index in [0.29, 0.717) is 12.4 Å². The maximum atomic E-state index is 13.4. The first kappa shape index (κ1) is 17.8. The van der Waals surface area contributed by atoms with Crippen molar-refractivity contribution in [1.82, 2.24) is 4.90 Å². The number of hydrogen-bond donors (Lipinski definition) is 1. The molecule has 0 spiro atoms. The van der Waals surface area contributed by atoms with Crippen LogP contribution in [0.2, 0.25) is 0 Å². The van der Waals surface area contributed by atoms with Gasteiger partial charge in [-0.3, -0.25) is 4.90 Å². The largest absolute Gasteiger partial charge is 0.492 e. The third-order valence-electron chi connectivity index (χ3n) is 4.40. The summed E-state index contributed by atoms with van der Waals surface area (Å²) < 4.78 is 41.6. The minimum Gasteiger partial charge on any atom is -0.492 e. The molecule has 2 aromatic rings. The fourth-order valence-electron chi connectivity index (χ4n) is 3.19. The second-order valence-electron chi connectivity index (χ2n) is 6.11. The van der Waals surface area contributed by atoms with Crippen molar-refractivity contribution in [2.75, 3.05) is 19.7 Å². The highest BCUT2D eigenvalue weighted by Crippen LogP contribution is 2.31. The van der Waals surface area contributed by atoms with Gasteiger partial charge in [0, 0.05) is 12.6 Å². The van der Waals surface area contributed by atoms with Gasteiger partial charge in [0.15, 0.2) is 0 Å². The number of nitrogens with zero attached hydrogens (tertiary/aromatic N) is 1. The molecule has 0 bridgehead atoms. The van der Waals surface area contributed by atoms with E-state index in [-0.39, 0.29) is 16.8 Å². The monoisotopic (exact) mass is 364 g/mol. The van der Waals surface area contributed by atoms with E-state index in [1.165, 1.54) is 18.2 Å². The molecular formula is C18H21FN2O3S. The molecule has 0 unspecified atom stereocenters. The molecule has 0 amide bonds. The Morgan fingerprint density at radius 1 is 1.20 bits per heavy atom. The molecule has 1 aliphatic rings. The molecule has 1 heterocycles. The van der Waals surface area contributed by atoms with E-state index in [9.17, 15) is 12.8 Å². The first-order valence-electron chi connectivity index (χ1n) is 8.19. The summed E-state index contributed by atoms with van der Waals surface area (Å²) in [5.74, 6) is 0.379. The molecular weight excluding hydrogens is 343 g/mol. The van der Waals surface area contributed by atoms with Crippen molar-refractivity contribution in [3.8, 4) is 5.75 Å². The van der Waals surface area contributed by atoms with Crippen molar-refractivity contribution in [3.63, 3.8) is 0 Å². The number of rotatable bonds is 6. The van der Waals surface area contributed by atoms with Gasteiger partial charge in [0.05, 0.1) is 4.90 Å². The smallest absolute Gasteiger partial charge is 0.238 e. The summed E-state index contributed by atoms with van der Waals surface area (Å²) in [7, 11) is -3.69. The summed E-state index contributed by atoms with van der Waals surface area (Å²) in [6.07, 6.45) is 2.08. The molecule has 134 valence electrons. The zero-order chi connectivity index (χ0) is 17.9. The van der Waals surface area contributed by atoms with E-state index in [1.54, 1.807) is 24.3 Å². The van der Waals surface area contributed by atoms with Gasteiger partial charge in [-0.05, 0) is 61.3 Å². The van der Waals surface area contributed by atoms with Gasteiger partial charge < -0.3 is 4.74 Å². The van der Waals surface area contributed by atoms with Crippen LogP contribution in [0, 0.1) is 5.82 Å². The summed E-state index contributed by atoms with van der Waals surface area (Å²) in [4.78, 5) is 2.35. The van der Waals surface area contributed by atoms with Gasteiger partial charge >= 0.3 is 0 Å². The summed E-state index contributed by atoms with van der Waals surface area (Å²) in [5, 5.41) is 5.07. The van der Waals surface area contributed by atoms with Crippen LogP contribution >= 0.6 is 0 Å². The molecule has 1 fully saturated rings. The normalized spacial score (nSPS) is 18.4. The third-order valence-corrected chi connectivity index (χ3v) is 5.33. The maximum absolute atomic E-state index is 13.4. The predicted molar refractivity (Wildman–Crippen MR) is 93.3 cm³/mol. The van der Waals surface area contributed by atoms with Crippen LogP contribution in [0.15, 0.2) is 53.4 Å². The molecule has 0 saturated carbocycles. The highest BCUT2D eigenvalue weighted by Gasteiger charge is 2.25. The lowest BCUT2D eigenvalue weighted by Crippen LogP contribution is -2.28. The van der Waals surface area contributed by atoms with E-state index < -0.39 is 10.0 Å². The molecule has 1 saturated heterocycles. The van der Waals surface area contributed by atoms with E-state index in [2.05, 4.69) is 4.90 Å². The zero-order valence-corrected chi connectivity index (χ0v) is 14.6. The van der Waals surface area contributed by atoms with E-state index in [4.69, 9.17) is 9.88 Å². The highest BCUT2D eigenvalue weighted by molar-refractivity contribution is 7.89. The number of sulfonamides is 1. The zero-order valence-electron chi connectivity index (χ0n) is 13.8. The summed E-state index contributed by atoms with van der Waals surface area (Å²) in [6, 6.07) is 13.0. The van der Waals surface area contributed by atoms with Crippen molar-refractivity contribution in [2.24, 2.45) is 5.14 Å². The van der Waals surface area contributed by atoms with Crippen LogP contribution < -0.4 is 9.88 Å². The molecule has 2 aromatic carbocycles. The number of nitrogens with two attached hydrogens (primary N) is 1. The number of primary sulfonamides is 1. The molecule has 0 aliphatic carbocycles. The lowest BCUT2D eigenvalue weighted by atomic mass is 10.0. The number of likely N-dealkylation sites (tertiary alicyclic amines) is 1. The number of halogens is 1. The van der Waals surface area contributed by atoms with Crippen molar-refractivity contribution in [1.29, 1.82) is 0 Å². The fourth-order valence-corrected chi connectivity index (χ4v) is 3.71. The van der Waals surface area contributed by atoms with Crippen LogP contribution in [0.3, 0.4) is 0 Å². The predicted octanol–water partition coefficient (Wildman–Crippen LogP) is 2.69. The van der Waals surface area contributed by atoms with E-state index in [0.717, 1.165) is 31.5 Å². The van der Waals surface area contributed by atoms with Gasteiger partial charge in [-0.1, -0.05) is 12.1 Å². The Balaban J connectivity index is 1.56. The Morgan fingerprint density at radius 3 is 2.64 bits per heavy atom. The third kappa shape index (κ3) is 4.56.